The standard InChI is InChI=1S/C17H14N2O4/c20-16(21)9-15(11-4-2-1-3-5-11)19-10-18-13-8-12(17(22)23)6-7-14(13)19/h1-8,10,15H,9H2,(H,20,21)(H,22,23). The number of carbonyl (C=O) groups is 2. The summed E-state index contributed by atoms with van der Waals surface area (Å²) < 4.78 is 1.77. The third kappa shape index (κ3) is 2.91. The Balaban J connectivity index is 2.11. The molecule has 0 saturated heterocycles. The third-order valence-corrected chi connectivity index (χ3v) is 3.71. The first kappa shape index (κ1) is 14.8. The van der Waals surface area contributed by atoms with Crippen molar-refractivity contribution < 1.29 is 19.8 Å². The van der Waals surface area contributed by atoms with E-state index in [1.54, 1.807) is 17.0 Å². The van der Waals surface area contributed by atoms with E-state index in [-0.39, 0.29) is 12.0 Å². The lowest BCUT2D eigenvalue weighted by atomic mass is 10.0. The van der Waals surface area contributed by atoms with Gasteiger partial charge in [-0.25, -0.2) is 9.78 Å². The van der Waals surface area contributed by atoms with Crippen LogP contribution in [-0.4, -0.2) is 31.7 Å². The topological polar surface area (TPSA) is 92.4 Å². The summed E-state index contributed by atoms with van der Waals surface area (Å²) in [5, 5.41) is 18.3. The van der Waals surface area contributed by atoms with Gasteiger partial charge in [-0.2, -0.15) is 0 Å². The molecular formula is C17H14N2O4. The highest BCUT2D eigenvalue weighted by Crippen LogP contribution is 2.27. The molecule has 0 aliphatic rings. The molecule has 3 rings (SSSR count). The Bertz CT molecular complexity index is 871. The summed E-state index contributed by atoms with van der Waals surface area (Å²) in [4.78, 5) is 26.5. The SMILES string of the molecule is O=C(O)CC(c1ccccc1)n1cnc2cc(C(=O)O)ccc21. The van der Waals surface area contributed by atoms with Gasteiger partial charge in [-0.05, 0) is 23.8 Å². The van der Waals surface area contributed by atoms with E-state index in [1.165, 1.54) is 12.1 Å². The van der Waals surface area contributed by atoms with Crippen molar-refractivity contribution in [2.24, 2.45) is 0 Å². The lowest BCUT2D eigenvalue weighted by molar-refractivity contribution is -0.137. The number of aromatic nitrogens is 2. The molecule has 0 bridgehead atoms. The van der Waals surface area contributed by atoms with Crippen LogP contribution in [0.25, 0.3) is 11.0 Å². The molecular weight excluding hydrogens is 296 g/mol. The Morgan fingerprint density at radius 1 is 1.09 bits per heavy atom. The second kappa shape index (κ2) is 5.92. The van der Waals surface area contributed by atoms with E-state index in [4.69, 9.17) is 5.11 Å². The van der Waals surface area contributed by atoms with Crippen molar-refractivity contribution in [2.75, 3.05) is 0 Å². The predicted octanol–water partition coefficient (Wildman–Crippen LogP) is 2.80. The smallest absolute Gasteiger partial charge is 0.335 e. The van der Waals surface area contributed by atoms with Crippen LogP contribution < -0.4 is 0 Å². The average molecular weight is 310 g/mol. The van der Waals surface area contributed by atoms with Crippen LogP contribution in [0, 0.1) is 0 Å². The molecule has 1 heterocycles. The van der Waals surface area contributed by atoms with Crippen LogP contribution in [-0.2, 0) is 4.79 Å². The molecule has 0 amide bonds. The molecule has 0 saturated carbocycles. The maximum Gasteiger partial charge on any atom is 0.335 e. The van der Waals surface area contributed by atoms with E-state index in [0.717, 1.165) is 5.56 Å². The van der Waals surface area contributed by atoms with E-state index < -0.39 is 18.0 Å². The minimum Gasteiger partial charge on any atom is -0.481 e. The summed E-state index contributed by atoms with van der Waals surface area (Å²) in [6, 6.07) is 13.5. The molecule has 0 aliphatic heterocycles. The first-order valence-electron chi connectivity index (χ1n) is 7.03. The molecule has 116 valence electrons. The van der Waals surface area contributed by atoms with Gasteiger partial charge in [0, 0.05) is 0 Å². The zero-order valence-electron chi connectivity index (χ0n) is 12.1. The Hall–Kier alpha value is -3.15. The molecule has 2 N–H and O–H groups in total. The number of imidazole rings is 1. The van der Waals surface area contributed by atoms with Crippen molar-refractivity contribution >= 4 is 23.0 Å². The number of aliphatic carboxylic acids is 1. The van der Waals surface area contributed by atoms with Crippen molar-refractivity contribution in [1.82, 2.24) is 9.55 Å². The fraction of sp³-hybridized carbons (Fsp3) is 0.118. The number of rotatable bonds is 5. The Kier molecular flexibility index (Phi) is 3.80. The number of hydrogen-bond acceptors (Lipinski definition) is 3. The number of benzene rings is 2. The van der Waals surface area contributed by atoms with Gasteiger partial charge in [0.1, 0.15) is 0 Å². The lowest BCUT2D eigenvalue weighted by Crippen LogP contribution is -2.14. The molecule has 1 aromatic heterocycles. The lowest BCUT2D eigenvalue weighted by Gasteiger charge is -2.18. The van der Waals surface area contributed by atoms with Gasteiger partial charge in [-0.15, -0.1) is 0 Å². The average Bonchev–Trinajstić information content (AvgIpc) is 2.96. The summed E-state index contributed by atoms with van der Waals surface area (Å²) >= 11 is 0. The van der Waals surface area contributed by atoms with Gasteiger partial charge < -0.3 is 14.8 Å². The highest BCUT2D eigenvalue weighted by molar-refractivity contribution is 5.92. The van der Waals surface area contributed by atoms with Crippen molar-refractivity contribution in [3.8, 4) is 0 Å². The zero-order valence-corrected chi connectivity index (χ0v) is 12.1. The predicted molar refractivity (Wildman–Crippen MR) is 83.5 cm³/mol. The van der Waals surface area contributed by atoms with Crippen molar-refractivity contribution in [2.45, 2.75) is 12.5 Å². The van der Waals surface area contributed by atoms with E-state index >= 15 is 0 Å². The number of carboxylic acid groups (broad SMARTS) is 2. The van der Waals surface area contributed by atoms with Gasteiger partial charge in [0.15, 0.2) is 0 Å². The third-order valence-electron chi connectivity index (χ3n) is 3.71. The fourth-order valence-corrected chi connectivity index (χ4v) is 2.63. The van der Waals surface area contributed by atoms with Crippen LogP contribution in [0.2, 0.25) is 0 Å². The largest absolute Gasteiger partial charge is 0.481 e. The van der Waals surface area contributed by atoms with E-state index in [1.807, 2.05) is 30.3 Å². The fourth-order valence-electron chi connectivity index (χ4n) is 2.63. The maximum atomic E-state index is 11.2. The van der Waals surface area contributed by atoms with Crippen molar-refractivity contribution in [3.63, 3.8) is 0 Å². The number of carboxylic acids is 2. The summed E-state index contributed by atoms with van der Waals surface area (Å²) in [6.45, 7) is 0. The number of fused-ring (bicyclic) bond motifs is 1. The maximum absolute atomic E-state index is 11.2. The van der Waals surface area contributed by atoms with Gasteiger partial charge in [0.2, 0.25) is 0 Å². The molecule has 6 heteroatoms. The molecule has 0 spiro atoms. The van der Waals surface area contributed by atoms with Crippen LogP contribution in [0.5, 0.6) is 0 Å². The van der Waals surface area contributed by atoms with Crippen LogP contribution >= 0.6 is 0 Å². The molecule has 1 unspecified atom stereocenters. The second-order valence-corrected chi connectivity index (χ2v) is 5.18. The molecule has 1 atom stereocenters. The molecule has 0 fully saturated rings. The molecule has 6 nitrogen and oxygen atoms in total. The molecule has 23 heavy (non-hydrogen) atoms. The summed E-state index contributed by atoms with van der Waals surface area (Å²) in [5.41, 5.74) is 2.23. The Morgan fingerprint density at radius 3 is 2.48 bits per heavy atom. The van der Waals surface area contributed by atoms with E-state index in [2.05, 4.69) is 4.98 Å². The molecule has 0 aliphatic carbocycles. The second-order valence-electron chi connectivity index (χ2n) is 5.18. The summed E-state index contributed by atoms with van der Waals surface area (Å²) in [6.07, 6.45) is 1.47. The zero-order chi connectivity index (χ0) is 16.4. The molecule has 2 aromatic carbocycles. The van der Waals surface area contributed by atoms with Gasteiger partial charge in [0.25, 0.3) is 0 Å². The normalized spacial score (nSPS) is 12.2. The minimum atomic E-state index is -1.02. The van der Waals surface area contributed by atoms with Gasteiger partial charge in [0.05, 0.1) is 35.4 Å². The van der Waals surface area contributed by atoms with Crippen molar-refractivity contribution in [3.05, 3.63) is 66.0 Å². The quantitative estimate of drug-likeness (QED) is 0.756. The Morgan fingerprint density at radius 2 is 1.83 bits per heavy atom. The van der Waals surface area contributed by atoms with Crippen LogP contribution in [0.15, 0.2) is 54.9 Å². The number of aromatic carboxylic acids is 1. The highest BCUT2D eigenvalue weighted by atomic mass is 16.4. The van der Waals surface area contributed by atoms with Gasteiger partial charge in [-0.3, -0.25) is 4.79 Å². The first-order valence-corrected chi connectivity index (χ1v) is 7.03. The van der Waals surface area contributed by atoms with Crippen LogP contribution in [0.4, 0.5) is 0 Å². The van der Waals surface area contributed by atoms with Gasteiger partial charge >= 0.3 is 11.9 Å². The number of nitrogens with zero attached hydrogens (tertiary/aromatic N) is 2. The van der Waals surface area contributed by atoms with Crippen LogP contribution in [0.3, 0.4) is 0 Å². The summed E-state index contributed by atoms with van der Waals surface area (Å²) in [7, 11) is 0. The van der Waals surface area contributed by atoms with E-state index in [0.29, 0.717) is 11.0 Å². The minimum absolute atomic E-state index is 0.0871. The molecule has 0 radical (unpaired) electrons. The number of hydrogen-bond donors (Lipinski definition) is 2. The monoisotopic (exact) mass is 310 g/mol. The first-order chi connectivity index (χ1) is 11.1. The highest BCUT2D eigenvalue weighted by Gasteiger charge is 2.20. The Labute approximate surface area is 131 Å². The van der Waals surface area contributed by atoms with Crippen LogP contribution in [0.1, 0.15) is 28.4 Å². The summed E-state index contributed by atoms with van der Waals surface area (Å²) in [5.74, 6) is -1.94. The van der Waals surface area contributed by atoms with Crippen molar-refractivity contribution in [1.29, 1.82) is 0 Å². The van der Waals surface area contributed by atoms with Gasteiger partial charge in [-0.1, -0.05) is 30.3 Å². The van der Waals surface area contributed by atoms with E-state index in [9.17, 15) is 14.7 Å². The molecule has 3 aromatic rings.